The number of hydrogen-bond acceptors (Lipinski definition) is 5. The minimum atomic E-state index is -0.488. The van der Waals surface area contributed by atoms with Gasteiger partial charge in [-0.1, -0.05) is 0 Å². The molecule has 0 radical (unpaired) electrons. The highest BCUT2D eigenvalue weighted by molar-refractivity contribution is 9.13. The first-order valence-electron chi connectivity index (χ1n) is 7.32. The van der Waals surface area contributed by atoms with Crippen molar-refractivity contribution in [1.29, 1.82) is 0 Å². The van der Waals surface area contributed by atoms with Gasteiger partial charge in [0.25, 0.3) is 11.8 Å². The second-order valence-corrected chi connectivity index (χ2v) is 6.99. The molecule has 0 unspecified atom stereocenters. The van der Waals surface area contributed by atoms with Gasteiger partial charge in [0.15, 0.2) is 5.69 Å². The Labute approximate surface area is 164 Å². The first-order valence-corrected chi connectivity index (χ1v) is 8.90. The van der Waals surface area contributed by atoms with Gasteiger partial charge in [0.2, 0.25) is 0 Å². The number of aryl methyl sites for hydroxylation is 2. The minimum Gasteiger partial charge on any atom is -0.318 e. The summed E-state index contributed by atoms with van der Waals surface area (Å²) in [4.78, 5) is 25.1. The fraction of sp³-hybridized carbons (Fsp3) is 0.214. The molecule has 0 saturated carbocycles. The molecule has 0 aliphatic heterocycles. The molecule has 2 amide bonds. The molecule has 3 N–H and O–H groups in total. The SMILES string of the molecule is Cc1c(NC(=O)c2c(NC(=O)c3n[nH]c(Br)c3Br)cnn2C)cnn1C. The molecule has 12 heteroatoms. The molecule has 3 aromatic heterocycles. The number of aromatic amines is 1. The highest BCUT2D eigenvalue weighted by Gasteiger charge is 2.23. The van der Waals surface area contributed by atoms with Gasteiger partial charge >= 0.3 is 0 Å². The maximum absolute atomic E-state index is 12.7. The molecule has 0 fully saturated rings. The van der Waals surface area contributed by atoms with Crippen LogP contribution in [-0.2, 0) is 14.1 Å². The summed E-state index contributed by atoms with van der Waals surface area (Å²) in [6.45, 7) is 1.83. The lowest BCUT2D eigenvalue weighted by Gasteiger charge is -2.08. The number of nitrogens with zero attached hydrogens (tertiary/aromatic N) is 5. The topological polar surface area (TPSA) is 123 Å². The Bertz CT molecular complexity index is 1000. The summed E-state index contributed by atoms with van der Waals surface area (Å²) in [6, 6.07) is 0. The smallest absolute Gasteiger partial charge is 0.277 e. The van der Waals surface area contributed by atoms with E-state index in [9.17, 15) is 9.59 Å². The summed E-state index contributed by atoms with van der Waals surface area (Å²) < 4.78 is 4.05. The number of amides is 2. The van der Waals surface area contributed by atoms with Crippen molar-refractivity contribution < 1.29 is 9.59 Å². The Kier molecular flexibility index (Phi) is 4.96. The average Bonchev–Trinajstić information content (AvgIpc) is 3.22. The number of hydrogen-bond donors (Lipinski definition) is 3. The van der Waals surface area contributed by atoms with Gasteiger partial charge in [-0.05, 0) is 38.8 Å². The van der Waals surface area contributed by atoms with Crippen molar-refractivity contribution in [2.75, 3.05) is 10.6 Å². The van der Waals surface area contributed by atoms with E-state index in [1.54, 1.807) is 25.0 Å². The van der Waals surface area contributed by atoms with Crippen LogP contribution in [0.5, 0.6) is 0 Å². The van der Waals surface area contributed by atoms with E-state index in [-0.39, 0.29) is 17.1 Å². The largest absolute Gasteiger partial charge is 0.318 e. The van der Waals surface area contributed by atoms with Gasteiger partial charge in [-0.3, -0.25) is 24.1 Å². The molecule has 26 heavy (non-hydrogen) atoms. The van der Waals surface area contributed by atoms with Crippen molar-refractivity contribution in [2.45, 2.75) is 6.92 Å². The normalized spacial score (nSPS) is 10.8. The lowest BCUT2D eigenvalue weighted by atomic mass is 10.3. The molecule has 0 atom stereocenters. The van der Waals surface area contributed by atoms with Crippen LogP contribution in [0.2, 0.25) is 0 Å². The fourth-order valence-corrected chi connectivity index (χ4v) is 2.87. The molecule has 3 rings (SSSR count). The Morgan fingerprint density at radius 1 is 1.04 bits per heavy atom. The number of anilines is 2. The van der Waals surface area contributed by atoms with Gasteiger partial charge in [0.1, 0.15) is 10.3 Å². The van der Waals surface area contributed by atoms with E-state index in [2.05, 4.69) is 62.9 Å². The predicted molar refractivity (Wildman–Crippen MR) is 101 cm³/mol. The van der Waals surface area contributed by atoms with Crippen molar-refractivity contribution in [1.82, 2.24) is 29.8 Å². The standard InChI is InChI=1S/C14H14Br2N8O2/c1-6-7(4-17-23(6)2)19-14(26)11-8(5-18-24(11)3)20-13(25)10-9(15)12(16)22-21-10/h4-5H,1-3H3,(H,19,26)(H,20,25)(H,21,22). The molecule has 0 aliphatic carbocycles. The number of aromatic nitrogens is 6. The molecular formula is C14H14Br2N8O2. The van der Waals surface area contributed by atoms with E-state index in [1.807, 2.05) is 6.92 Å². The highest BCUT2D eigenvalue weighted by Crippen LogP contribution is 2.25. The summed E-state index contributed by atoms with van der Waals surface area (Å²) >= 11 is 6.48. The number of rotatable bonds is 4. The van der Waals surface area contributed by atoms with Crippen LogP contribution in [0.15, 0.2) is 21.5 Å². The van der Waals surface area contributed by atoms with Crippen LogP contribution in [0, 0.1) is 6.92 Å². The maximum Gasteiger partial charge on any atom is 0.277 e. The number of carbonyl (C=O) groups is 2. The molecule has 3 heterocycles. The molecule has 10 nitrogen and oxygen atoms in total. The van der Waals surface area contributed by atoms with Crippen molar-refractivity contribution in [3.8, 4) is 0 Å². The van der Waals surface area contributed by atoms with E-state index in [0.717, 1.165) is 5.69 Å². The van der Waals surface area contributed by atoms with Gasteiger partial charge in [0, 0.05) is 14.1 Å². The van der Waals surface area contributed by atoms with E-state index >= 15 is 0 Å². The summed E-state index contributed by atoms with van der Waals surface area (Å²) in [7, 11) is 3.39. The van der Waals surface area contributed by atoms with Crippen molar-refractivity contribution in [2.24, 2.45) is 14.1 Å². The third kappa shape index (κ3) is 3.29. The molecule has 136 valence electrons. The lowest BCUT2D eigenvalue weighted by molar-refractivity contribution is 0.101. The Balaban J connectivity index is 1.84. The van der Waals surface area contributed by atoms with E-state index < -0.39 is 11.8 Å². The fourth-order valence-electron chi connectivity index (χ4n) is 2.24. The number of nitrogens with one attached hydrogen (secondary N) is 3. The highest BCUT2D eigenvalue weighted by atomic mass is 79.9. The summed E-state index contributed by atoms with van der Waals surface area (Å²) in [5, 5.41) is 20.1. The lowest BCUT2D eigenvalue weighted by Crippen LogP contribution is -2.20. The third-order valence-corrected chi connectivity index (χ3v) is 5.64. The Morgan fingerprint density at radius 3 is 2.23 bits per heavy atom. The quantitative estimate of drug-likeness (QED) is 0.522. The Morgan fingerprint density at radius 2 is 1.65 bits per heavy atom. The second kappa shape index (κ2) is 7.03. The molecule has 0 aliphatic rings. The van der Waals surface area contributed by atoms with Gasteiger partial charge in [-0.25, -0.2) is 0 Å². The predicted octanol–water partition coefficient (Wildman–Crippen LogP) is 2.21. The van der Waals surface area contributed by atoms with Gasteiger partial charge < -0.3 is 10.6 Å². The van der Waals surface area contributed by atoms with Gasteiger partial charge in [-0.15, -0.1) is 0 Å². The maximum atomic E-state index is 12.7. The van der Waals surface area contributed by atoms with Crippen LogP contribution in [0.25, 0.3) is 0 Å². The Hall–Kier alpha value is -2.47. The van der Waals surface area contributed by atoms with Crippen molar-refractivity contribution >= 4 is 55.0 Å². The van der Waals surface area contributed by atoms with Crippen LogP contribution in [0.1, 0.15) is 26.7 Å². The molecule has 0 saturated heterocycles. The van der Waals surface area contributed by atoms with Gasteiger partial charge in [-0.2, -0.15) is 15.3 Å². The first-order chi connectivity index (χ1) is 12.3. The second-order valence-electron chi connectivity index (χ2n) is 5.41. The van der Waals surface area contributed by atoms with Crippen LogP contribution < -0.4 is 10.6 Å². The zero-order valence-electron chi connectivity index (χ0n) is 14.0. The minimum absolute atomic E-state index is 0.148. The molecule has 0 spiro atoms. The van der Waals surface area contributed by atoms with Crippen molar-refractivity contribution in [3.63, 3.8) is 0 Å². The van der Waals surface area contributed by atoms with E-state index in [0.29, 0.717) is 14.8 Å². The zero-order chi connectivity index (χ0) is 19.0. The number of carbonyl (C=O) groups excluding carboxylic acids is 2. The summed E-state index contributed by atoms with van der Waals surface area (Å²) in [5.74, 6) is -0.905. The molecule has 0 aromatic carbocycles. The van der Waals surface area contributed by atoms with Crippen molar-refractivity contribution in [3.05, 3.63) is 38.6 Å². The third-order valence-electron chi connectivity index (χ3n) is 3.77. The van der Waals surface area contributed by atoms with Crippen LogP contribution >= 0.6 is 31.9 Å². The van der Waals surface area contributed by atoms with E-state index in [1.165, 1.54) is 10.9 Å². The van der Waals surface area contributed by atoms with E-state index in [4.69, 9.17) is 0 Å². The molecule has 3 aromatic rings. The number of halogens is 2. The monoisotopic (exact) mass is 484 g/mol. The number of H-pyrrole nitrogens is 1. The van der Waals surface area contributed by atoms with Crippen LogP contribution in [0.4, 0.5) is 11.4 Å². The van der Waals surface area contributed by atoms with Crippen LogP contribution in [0.3, 0.4) is 0 Å². The average molecular weight is 486 g/mol. The summed E-state index contributed by atoms with van der Waals surface area (Å²) in [5.41, 5.74) is 2.00. The van der Waals surface area contributed by atoms with Crippen LogP contribution in [-0.4, -0.2) is 41.6 Å². The molecular weight excluding hydrogens is 472 g/mol. The molecule has 0 bridgehead atoms. The summed E-state index contributed by atoms with van der Waals surface area (Å²) in [6.07, 6.45) is 2.96. The zero-order valence-corrected chi connectivity index (χ0v) is 17.1. The van der Waals surface area contributed by atoms with Gasteiger partial charge in [0.05, 0.1) is 33.9 Å². The first kappa shape index (κ1) is 18.3.